The lowest BCUT2D eigenvalue weighted by Crippen LogP contribution is -2.37. The van der Waals surface area contributed by atoms with E-state index < -0.39 is 0 Å². The molecule has 1 aromatic carbocycles. The summed E-state index contributed by atoms with van der Waals surface area (Å²) in [7, 11) is 1.98. The van der Waals surface area contributed by atoms with Crippen molar-refractivity contribution in [2.75, 3.05) is 37.7 Å². The fourth-order valence-corrected chi connectivity index (χ4v) is 3.51. The second kappa shape index (κ2) is 11.4. The van der Waals surface area contributed by atoms with E-state index in [1.54, 1.807) is 0 Å². The molecule has 7 nitrogen and oxygen atoms in total. The average molecular weight is 512 g/mol. The molecule has 3 rings (SSSR count). The number of aliphatic imine (C=N–C) groups is 1. The molecule has 0 unspecified atom stereocenters. The number of anilines is 1. The van der Waals surface area contributed by atoms with Crippen molar-refractivity contribution in [3.05, 3.63) is 46.8 Å². The number of ether oxygens (including phenoxy) is 1. The van der Waals surface area contributed by atoms with Gasteiger partial charge in [0.1, 0.15) is 0 Å². The SMILES string of the molecule is CCNC(=NCc1ccccc1N1CCOCC1)NCc1c(C)nn(C)c1C.I. The molecule has 1 fully saturated rings. The highest BCUT2D eigenvalue weighted by Gasteiger charge is 2.14. The van der Waals surface area contributed by atoms with Crippen LogP contribution in [-0.2, 0) is 24.9 Å². The largest absolute Gasteiger partial charge is 0.378 e. The van der Waals surface area contributed by atoms with Crippen molar-refractivity contribution >= 4 is 35.6 Å². The van der Waals surface area contributed by atoms with E-state index in [1.807, 2.05) is 18.7 Å². The average Bonchev–Trinajstić information content (AvgIpc) is 2.96. The van der Waals surface area contributed by atoms with Gasteiger partial charge >= 0.3 is 0 Å². The van der Waals surface area contributed by atoms with E-state index >= 15 is 0 Å². The molecule has 0 saturated carbocycles. The van der Waals surface area contributed by atoms with Gasteiger partial charge in [0.05, 0.1) is 25.5 Å². The molecule has 1 aromatic heterocycles. The smallest absolute Gasteiger partial charge is 0.191 e. The molecule has 1 aliphatic heterocycles. The van der Waals surface area contributed by atoms with Gasteiger partial charge in [-0.25, -0.2) is 4.99 Å². The van der Waals surface area contributed by atoms with Gasteiger partial charge in [0.15, 0.2) is 5.96 Å². The van der Waals surface area contributed by atoms with Crippen LogP contribution >= 0.6 is 24.0 Å². The van der Waals surface area contributed by atoms with Crippen LogP contribution in [0.1, 0.15) is 29.4 Å². The lowest BCUT2D eigenvalue weighted by atomic mass is 10.1. The number of hydrogen-bond donors (Lipinski definition) is 2. The molecule has 160 valence electrons. The summed E-state index contributed by atoms with van der Waals surface area (Å²) in [5.74, 6) is 0.821. The molecule has 0 spiro atoms. The molecule has 0 atom stereocenters. The van der Waals surface area contributed by atoms with Gasteiger partial charge in [0, 0.05) is 50.2 Å². The summed E-state index contributed by atoms with van der Waals surface area (Å²) in [5, 5.41) is 11.3. The zero-order valence-corrected chi connectivity index (χ0v) is 20.2. The third-order valence-electron chi connectivity index (χ3n) is 5.19. The predicted molar refractivity (Wildman–Crippen MR) is 129 cm³/mol. The Balaban J connectivity index is 0.00000300. The Kier molecular flexibility index (Phi) is 9.22. The normalized spacial score (nSPS) is 14.5. The first kappa shape index (κ1) is 23.5. The summed E-state index contributed by atoms with van der Waals surface area (Å²) < 4.78 is 7.42. The van der Waals surface area contributed by atoms with Crippen LogP contribution in [0.2, 0.25) is 0 Å². The number of hydrogen-bond acceptors (Lipinski definition) is 4. The molecule has 8 heteroatoms. The first-order chi connectivity index (χ1) is 13.6. The molecular formula is C21H33IN6O. The molecule has 2 aromatic rings. The Bertz CT molecular complexity index is 813. The van der Waals surface area contributed by atoms with Gasteiger partial charge in [-0.15, -0.1) is 24.0 Å². The zero-order chi connectivity index (χ0) is 19.9. The molecule has 29 heavy (non-hydrogen) atoms. The number of halogens is 1. The highest BCUT2D eigenvalue weighted by atomic mass is 127. The van der Waals surface area contributed by atoms with Crippen LogP contribution in [0.4, 0.5) is 5.69 Å². The highest BCUT2D eigenvalue weighted by molar-refractivity contribution is 14.0. The first-order valence-electron chi connectivity index (χ1n) is 10.0. The van der Waals surface area contributed by atoms with E-state index in [2.05, 4.69) is 58.7 Å². The number of nitrogens with one attached hydrogen (secondary N) is 2. The summed E-state index contributed by atoms with van der Waals surface area (Å²) in [4.78, 5) is 7.22. The van der Waals surface area contributed by atoms with Crippen LogP contribution in [-0.4, -0.2) is 48.6 Å². The maximum Gasteiger partial charge on any atom is 0.191 e. The Morgan fingerprint density at radius 3 is 2.55 bits per heavy atom. The van der Waals surface area contributed by atoms with Gasteiger partial charge in [0.25, 0.3) is 0 Å². The van der Waals surface area contributed by atoms with Crippen LogP contribution < -0.4 is 15.5 Å². The van der Waals surface area contributed by atoms with E-state index in [0.717, 1.165) is 44.5 Å². The third-order valence-corrected chi connectivity index (χ3v) is 5.19. The van der Waals surface area contributed by atoms with E-state index in [9.17, 15) is 0 Å². The van der Waals surface area contributed by atoms with Crippen molar-refractivity contribution in [3.63, 3.8) is 0 Å². The van der Waals surface area contributed by atoms with Crippen molar-refractivity contribution < 1.29 is 4.74 Å². The van der Waals surface area contributed by atoms with Crippen LogP contribution in [0.5, 0.6) is 0 Å². The Morgan fingerprint density at radius 1 is 1.17 bits per heavy atom. The molecule has 2 N–H and O–H groups in total. The van der Waals surface area contributed by atoms with Crippen LogP contribution in [0, 0.1) is 13.8 Å². The number of benzene rings is 1. The van der Waals surface area contributed by atoms with Gasteiger partial charge in [-0.1, -0.05) is 18.2 Å². The minimum atomic E-state index is 0. The van der Waals surface area contributed by atoms with Gasteiger partial charge in [-0.05, 0) is 32.4 Å². The number of aromatic nitrogens is 2. The molecule has 1 aliphatic rings. The monoisotopic (exact) mass is 512 g/mol. The second-order valence-electron chi connectivity index (χ2n) is 7.05. The number of aryl methyl sites for hydroxylation is 2. The van der Waals surface area contributed by atoms with Crippen molar-refractivity contribution in [1.82, 2.24) is 20.4 Å². The summed E-state index contributed by atoms with van der Waals surface area (Å²) in [6.07, 6.45) is 0. The number of rotatable bonds is 6. The maximum absolute atomic E-state index is 5.49. The third kappa shape index (κ3) is 6.08. The van der Waals surface area contributed by atoms with E-state index in [-0.39, 0.29) is 24.0 Å². The van der Waals surface area contributed by atoms with Crippen molar-refractivity contribution in [2.45, 2.75) is 33.9 Å². The van der Waals surface area contributed by atoms with Gasteiger partial charge < -0.3 is 20.3 Å². The minimum Gasteiger partial charge on any atom is -0.378 e. The minimum absolute atomic E-state index is 0. The predicted octanol–water partition coefficient (Wildman–Crippen LogP) is 2.75. The van der Waals surface area contributed by atoms with Gasteiger partial charge in [-0.2, -0.15) is 5.10 Å². The van der Waals surface area contributed by atoms with Crippen molar-refractivity contribution in [2.24, 2.45) is 12.0 Å². The topological polar surface area (TPSA) is 66.7 Å². The Labute approximate surface area is 190 Å². The number of morpholine rings is 1. The molecule has 0 bridgehead atoms. The second-order valence-corrected chi connectivity index (χ2v) is 7.05. The Hall–Kier alpha value is -1.81. The summed E-state index contributed by atoms with van der Waals surface area (Å²) in [5.41, 5.74) is 5.95. The standard InChI is InChI=1S/C21H32N6O.HI/c1-5-22-21(24-15-19-16(2)25-26(4)17(19)3)23-14-18-8-6-7-9-20(18)27-10-12-28-13-11-27;/h6-9H,5,10-15H2,1-4H3,(H2,22,23,24);1H. The molecule has 1 saturated heterocycles. The quantitative estimate of drug-likeness (QED) is 0.354. The fraction of sp³-hybridized carbons (Fsp3) is 0.524. The zero-order valence-electron chi connectivity index (χ0n) is 17.9. The lowest BCUT2D eigenvalue weighted by molar-refractivity contribution is 0.122. The van der Waals surface area contributed by atoms with E-state index in [0.29, 0.717) is 13.1 Å². The summed E-state index contributed by atoms with van der Waals surface area (Å²) in [6.45, 7) is 11.8. The van der Waals surface area contributed by atoms with Crippen LogP contribution in [0.25, 0.3) is 0 Å². The van der Waals surface area contributed by atoms with Crippen LogP contribution in [0.3, 0.4) is 0 Å². The maximum atomic E-state index is 5.49. The summed E-state index contributed by atoms with van der Waals surface area (Å²) >= 11 is 0. The first-order valence-corrected chi connectivity index (χ1v) is 10.0. The Morgan fingerprint density at radius 2 is 1.90 bits per heavy atom. The highest BCUT2D eigenvalue weighted by Crippen LogP contribution is 2.22. The molecule has 0 radical (unpaired) electrons. The fourth-order valence-electron chi connectivity index (χ4n) is 3.51. The number of guanidine groups is 1. The molecular weight excluding hydrogens is 479 g/mol. The van der Waals surface area contributed by atoms with E-state index in [1.165, 1.54) is 22.5 Å². The molecule has 0 aliphatic carbocycles. The molecule has 0 amide bonds. The van der Waals surface area contributed by atoms with Crippen LogP contribution in [0.15, 0.2) is 29.3 Å². The number of para-hydroxylation sites is 1. The summed E-state index contributed by atoms with van der Waals surface area (Å²) in [6, 6.07) is 8.51. The molecule has 2 heterocycles. The van der Waals surface area contributed by atoms with Gasteiger partial charge in [-0.3, -0.25) is 4.68 Å². The van der Waals surface area contributed by atoms with E-state index in [4.69, 9.17) is 9.73 Å². The van der Waals surface area contributed by atoms with Crippen molar-refractivity contribution in [1.29, 1.82) is 0 Å². The number of nitrogens with zero attached hydrogens (tertiary/aromatic N) is 4. The van der Waals surface area contributed by atoms with Gasteiger partial charge in [0.2, 0.25) is 0 Å². The lowest BCUT2D eigenvalue weighted by Gasteiger charge is -2.30. The van der Waals surface area contributed by atoms with Crippen molar-refractivity contribution in [3.8, 4) is 0 Å².